The monoisotopic (exact) mass is 495 g/mol. The minimum atomic E-state index is -1.23. The van der Waals surface area contributed by atoms with Crippen LogP contribution in [-0.2, 0) is 23.8 Å². The van der Waals surface area contributed by atoms with Gasteiger partial charge in [0, 0.05) is 11.8 Å². The highest BCUT2D eigenvalue weighted by atomic mass is 16.6. The topological polar surface area (TPSA) is 156 Å². The molecule has 3 rings (SSSR count). The van der Waals surface area contributed by atoms with Gasteiger partial charge in [-0.3, -0.25) is 9.59 Å². The van der Waals surface area contributed by atoms with Crippen LogP contribution in [0.25, 0.3) is 0 Å². The summed E-state index contributed by atoms with van der Waals surface area (Å²) < 4.78 is 18.0. The van der Waals surface area contributed by atoms with Crippen molar-refractivity contribution in [2.45, 2.75) is 96.3 Å². The molecule has 35 heavy (non-hydrogen) atoms. The van der Waals surface area contributed by atoms with Gasteiger partial charge in [-0.25, -0.2) is 4.79 Å². The Morgan fingerprint density at radius 3 is 2.43 bits per heavy atom. The van der Waals surface area contributed by atoms with Crippen LogP contribution in [0.2, 0.25) is 0 Å². The molecule has 2 aliphatic heterocycles. The van der Waals surface area contributed by atoms with E-state index in [0.29, 0.717) is 13.0 Å². The van der Waals surface area contributed by atoms with E-state index in [0.717, 1.165) is 12.8 Å². The van der Waals surface area contributed by atoms with E-state index in [1.165, 1.54) is 5.57 Å². The zero-order chi connectivity index (χ0) is 26.1. The van der Waals surface area contributed by atoms with Gasteiger partial charge < -0.3 is 35.7 Å². The zero-order valence-corrected chi connectivity index (χ0v) is 21.6. The molecule has 0 aromatic heterocycles. The summed E-state index contributed by atoms with van der Waals surface area (Å²) >= 11 is 0. The fourth-order valence-electron chi connectivity index (χ4n) is 5.60. The third kappa shape index (κ3) is 5.98. The van der Waals surface area contributed by atoms with Gasteiger partial charge in [0.2, 0.25) is 11.8 Å². The van der Waals surface area contributed by atoms with Crippen molar-refractivity contribution >= 4 is 17.9 Å². The van der Waals surface area contributed by atoms with E-state index in [2.05, 4.69) is 44.4 Å². The molecule has 5 N–H and O–H groups in total. The minimum absolute atomic E-state index is 0.00124. The number of primary amides is 1. The molecule has 3 aliphatic rings. The molecule has 8 atom stereocenters. The van der Waals surface area contributed by atoms with Crippen LogP contribution in [0.5, 0.6) is 0 Å². The number of carbonyl (C=O) groups is 3. The molecule has 3 fully saturated rings. The number of nitrogens with one attached hydrogen (secondary N) is 2. The fourth-order valence-corrected chi connectivity index (χ4v) is 5.60. The van der Waals surface area contributed by atoms with E-state index in [9.17, 15) is 19.5 Å². The smallest absolute Gasteiger partial charge is 0.408 e. The minimum Gasteiger partial charge on any atom is -0.446 e. The van der Waals surface area contributed by atoms with Gasteiger partial charge in [0.05, 0.1) is 30.5 Å². The summed E-state index contributed by atoms with van der Waals surface area (Å²) in [6.07, 6.45) is 3.51. The van der Waals surface area contributed by atoms with Crippen molar-refractivity contribution in [3.8, 4) is 0 Å². The molecule has 1 spiro atoms. The Bertz CT molecular complexity index is 852. The highest BCUT2D eigenvalue weighted by molar-refractivity contribution is 5.90. The van der Waals surface area contributed by atoms with Gasteiger partial charge in [-0.2, -0.15) is 0 Å². The zero-order valence-electron chi connectivity index (χ0n) is 21.6. The lowest BCUT2D eigenvalue weighted by molar-refractivity contribution is -0.130. The molecule has 0 radical (unpaired) electrons. The molecular formula is C25H41N3O7. The lowest BCUT2D eigenvalue weighted by Gasteiger charge is -2.42. The molecule has 10 nitrogen and oxygen atoms in total. The first-order valence-electron chi connectivity index (χ1n) is 12.5. The standard InChI is InChI=1S/C25H41N3O7/c1-13(2)7-8-18-24(6,35-18)20-15(5)17(9-10-25(20)12-33-25)34-23(32)28-19(14(3)4)22(31)27-16(11-29)21(26)30/h7,14-20,29H,8-12H2,1-6H3,(H2,26,30)(H,27,31)(H,28,32)/t15-,16+,17-,18-,19-,20-,24+,25+/m1/s1. The van der Waals surface area contributed by atoms with Gasteiger partial charge in [0.25, 0.3) is 0 Å². The van der Waals surface area contributed by atoms with Gasteiger partial charge in [-0.05, 0) is 46.0 Å². The second-order valence-corrected chi connectivity index (χ2v) is 11.0. The highest BCUT2D eigenvalue weighted by Gasteiger charge is 2.70. The lowest BCUT2D eigenvalue weighted by Crippen LogP contribution is -2.56. The second-order valence-electron chi connectivity index (χ2n) is 11.0. The molecular weight excluding hydrogens is 454 g/mol. The summed E-state index contributed by atoms with van der Waals surface area (Å²) in [5, 5.41) is 14.3. The SMILES string of the molecule is CC(C)=CC[C@H]1O[C@]1(C)[C@H]1[C@H](C)[C@H](OC(=O)N[C@@H](C(=O)N[C@@H](CO)C(N)=O)C(C)C)CC[C@]12CO2. The molecule has 1 aliphatic carbocycles. The fraction of sp³-hybridized carbons (Fsp3) is 0.800. The van der Waals surface area contributed by atoms with E-state index >= 15 is 0 Å². The molecule has 3 amide bonds. The number of amides is 3. The molecule has 2 saturated heterocycles. The van der Waals surface area contributed by atoms with Crippen LogP contribution < -0.4 is 16.4 Å². The normalized spacial score (nSPS) is 35.1. The number of carbonyl (C=O) groups excluding carboxylic acids is 3. The van der Waals surface area contributed by atoms with Crippen LogP contribution in [0.3, 0.4) is 0 Å². The van der Waals surface area contributed by atoms with Crippen molar-refractivity contribution in [2.24, 2.45) is 23.5 Å². The largest absolute Gasteiger partial charge is 0.446 e. The van der Waals surface area contributed by atoms with E-state index < -0.39 is 36.6 Å². The van der Waals surface area contributed by atoms with Crippen molar-refractivity contribution in [1.82, 2.24) is 10.6 Å². The summed E-state index contributed by atoms with van der Waals surface area (Å²) in [7, 11) is 0. The van der Waals surface area contributed by atoms with Crippen molar-refractivity contribution < 1.29 is 33.7 Å². The van der Waals surface area contributed by atoms with Gasteiger partial charge >= 0.3 is 6.09 Å². The number of aliphatic hydroxyl groups excluding tert-OH is 1. The van der Waals surface area contributed by atoms with Crippen molar-refractivity contribution in [3.05, 3.63) is 11.6 Å². The van der Waals surface area contributed by atoms with Crippen LogP contribution in [0, 0.1) is 17.8 Å². The third-order valence-corrected chi connectivity index (χ3v) is 7.71. The highest BCUT2D eigenvalue weighted by Crippen LogP contribution is 2.60. The quantitative estimate of drug-likeness (QED) is 0.264. The van der Waals surface area contributed by atoms with Crippen LogP contribution in [0.1, 0.15) is 60.8 Å². The van der Waals surface area contributed by atoms with Crippen molar-refractivity contribution in [2.75, 3.05) is 13.2 Å². The Hall–Kier alpha value is -2.17. The first-order valence-corrected chi connectivity index (χ1v) is 12.5. The van der Waals surface area contributed by atoms with Gasteiger partial charge in [-0.1, -0.05) is 32.4 Å². The maximum Gasteiger partial charge on any atom is 0.408 e. The second kappa shape index (κ2) is 10.4. The molecule has 2 heterocycles. The number of rotatable bonds is 10. The Morgan fingerprint density at radius 2 is 1.91 bits per heavy atom. The number of aliphatic hydroxyl groups is 1. The average Bonchev–Trinajstić information content (AvgIpc) is 3.68. The van der Waals surface area contributed by atoms with E-state index in [-0.39, 0.29) is 41.2 Å². The Kier molecular flexibility index (Phi) is 8.18. The maximum atomic E-state index is 12.8. The number of hydrogen-bond donors (Lipinski definition) is 4. The van der Waals surface area contributed by atoms with E-state index in [1.54, 1.807) is 13.8 Å². The molecule has 10 heteroatoms. The summed E-state index contributed by atoms with van der Waals surface area (Å²) in [6, 6.07) is -2.18. The van der Waals surface area contributed by atoms with Crippen LogP contribution in [-0.4, -0.2) is 71.7 Å². The number of nitrogens with two attached hydrogens (primary N) is 1. The van der Waals surface area contributed by atoms with Crippen molar-refractivity contribution in [1.29, 1.82) is 0 Å². The first-order chi connectivity index (χ1) is 16.3. The number of hydrogen-bond acceptors (Lipinski definition) is 7. The van der Waals surface area contributed by atoms with E-state index in [4.69, 9.17) is 19.9 Å². The van der Waals surface area contributed by atoms with Crippen LogP contribution in [0.15, 0.2) is 11.6 Å². The Labute approximate surface area is 207 Å². The number of ether oxygens (including phenoxy) is 3. The molecule has 1 saturated carbocycles. The Morgan fingerprint density at radius 1 is 1.26 bits per heavy atom. The first kappa shape index (κ1) is 27.4. The van der Waals surface area contributed by atoms with Crippen molar-refractivity contribution in [3.63, 3.8) is 0 Å². The maximum absolute atomic E-state index is 12.8. The number of epoxide rings is 2. The Balaban J connectivity index is 1.64. The lowest BCUT2D eigenvalue weighted by atomic mass is 9.64. The molecule has 0 aromatic carbocycles. The van der Waals surface area contributed by atoms with E-state index in [1.807, 2.05) is 0 Å². The summed E-state index contributed by atoms with van der Waals surface area (Å²) in [6.45, 7) is 11.9. The number of alkyl carbamates (subject to hydrolysis) is 1. The molecule has 0 aromatic rings. The molecule has 0 bridgehead atoms. The van der Waals surface area contributed by atoms with Gasteiger partial charge in [0.1, 0.15) is 18.2 Å². The van der Waals surface area contributed by atoms with Gasteiger partial charge in [0.15, 0.2) is 0 Å². The van der Waals surface area contributed by atoms with Crippen LogP contribution in [0.4, 0.5) is 4.79 Å². The summed E-state index contributed by atoms with van der Waals surface area (Å²) in [5.74, 6) is -1.68. The average molecular weight is 496 g/mol. The van der Waals surface area contributed by atoms with Gasteiger partial charge in [-0.15, -0.1) is 0 Å². The third-order valence-electron chi connectivity index (χ3n) is 7.71. The predicted molar refractivity (Wildman–Crippen MR) is 128 cm³/mol. The molecule has 0 unspecified atom stereocenters. The predicted octanol–water partition coefficient (Wildman–Crippen LogP) is 1.40. The number of allylic oxidation sites excluding steroid dienone is 1. The summed E-state index contributed by atoms with van der Waals surface area (Å²) in [5.41, 5.74) is 5.87. The molecule has 198 valence electrons. The summed E-state index contributed by atoms with van der Waals surface area (Å²) in [4.78, 5) is 36.8. The van der Waals surface area contributed by atoms with Crippen LogP contribution >= 0.6 is 0 Å².